The van der Waals surface area contributed by atoms with Crippen molar-refractivity contribution in [3.05, 3.63) is 162 Å². The molecular weight excluding hydrogens is 547 g/mol. The van der Waals surface area contributed by atoms with Crippen LogP contribution in [-0.4, -0.2) is 12.5 Å². The van der Waals surface area contributed by atoms with Gasteiger partial charge in [-0.2, -0.15) is 10.0 Å². The van der Waals surface area contributed by atoms with E-state index in [1.54, 1.807) is 0 Å². The highest BCUT2D eigenvalue weighted by Gasteiger charge is 2.52. The highest BCUT2D eigenvalue weighted by atomic mass is 32.3. The molecule has 0 bridgehead atoms. The van der Waals surface area contributed by atoms with Gasteiger partial charge in [-0.3, -0.25) is 0 Å². The van der Waals surface area contributed by atoms with Crippen LogP contribution in [0.3, 0.4) is 0 Å². The summed E-state index contributed by atoms with van der Waals surface area (Å²) in [6, 6.07) is 52.4. The second-order valence-corrected chi connectivity index (χ2v) is 16.3. The van der Waals surface area contributed by atoms with Gasteiger partial charge in [-0.1, -0.05) is 91.0 Å². The number of benzene rings is 6. The first-order chi connectivity index (χ1) is 20.6. The van der Waals surface area contributed by atoms with E-state index in [0.717, 1.165) is 0 Å². The molecule has 1 spiro atoms. The third kappa shape index (κ3) is 3.00. The van der Waals surface area contributed by atoms with E-state index in [4.69, 9.17) is 0 Å². The maximum atomic E-state index is 2.57. The molecule has 1 aromatic heterocycles. The lowest BCUT2D eigenvalue weighted by molar-refractivity contribution is 0.690. The lowest BCUT2D eigenvalue weighted by atomic mass is 9.62. The molecule has 0 radical (unpaired) electrons. The van der Waals surface area contributed by atoms with Crippen molar-refractivity contribution in [1.82, 2.24) is 0 Å². The standard InChI is InChI=1S/C39H29NS2/c1-42(2)37-23-13-9-19-31(37)39(32-24-28-27-16-6-12-22-35(27)41-36(28)25-38(32)42)29-17-7-10-20-33(29)40(26-14-4-3-5-15-26)34-21-11-8-18-30(34)39/h3-25H,1-2H3. The number of para-hydroxylation sites is 3. The van der Waals surface area contributed by atoms with Gasteiger partial charge in [0.2, 0.25) is 0 Å². The molecule has 7 aromatic rings. The Morgan fingerprint density at radius 3 is 1.83 bits per heavy atom. The molecule has 9 rings (SSSR count). The van der Waals surface area contributed by atoms with Crippen LogP contribution in [0, 0.1) is 0 Å². The van der Waals surface area contributed by atoms with Crippen LogP contribution in [0.4, 0.5) is 17.1 Å². The summed E-state index contributed by atoms with van der Waals surface area (Å²) in [5.41, 5.74) is 8.77. The SMILES string of the molecule is CS1(C)c2ccccc2C2(c3ccccc3N(c3ccccc3)c3ccccc32)c2cc3c(cc21)sc1ccccc13. The molecule has 0 unspecified atom stereocenters. The number of rotatable bonds is 1. The number of anilines is 3. The average molecular weight is 576 g/mol. The first kappa shape index (κ1) is 24.3. The van der Waals surface area contributed by atoms with Crippen molar-refractivity contribution in [2.75, 3.05) is 17.4 Å². The summed E-state index contributed by atoms with van der Waals surface area (Å²) < 4.78 is 2.74. The molecule has 202 valence electrons. The molecule has 2 aliphatic heterocycles. The van der Waals surface area contributed by atoms with Crippen LogP contribution in [0.2, 0.25) is 0 Å². The van der Waals surface area contributed by atoms with Gasteiger partial charge >= 0.3 is 0 Å². The van der Waals surface area contributed by atoms with E-state index in [-0.39, 0.29) is 0 Å². The van der Waals surface area contributed by atoms with Crippen LogP contribution in [0.5, 0.6) is 0 Å². The van der Waals surface area contributed by atoms with Crippen LogP contribution >= 0.6 is 21.4 Å². The van der Waals surface area contributed by atoms with Gasteiger partial charge in [0.05, 0.1) is 16.8 Å². The van der Waals surface area contributed by atoms with Crippen molar-refractivity contribution in [2.45, 2.75) is 15.2 Å². The largest absolute Gasteiger partial charge is 0.310 e. The Morgan fingerprint density at radius 2 is 1.10 bits per heavy atom. The molecule has 0 fully saturated rings. The molecule has 0 atom stereocenters. The first-order valence-corrected chi connectivity index (χ1v) is 17.7. The van der Waals surface area contributed by atoms with Crippen molar-refractivity contribution in [2.24, 2.45) is 0 Å². The van der Waals surface area contributed by atoms with E-state index < -0.39 is 15.4 Å². The Morgan fingerprint density at radius 1 is 0.500 bits per heavy atom. The Balaban J connectivity index is 1.50. The molecule has 42 heavy (non-hydrogen) atoms. The summed E-state index contributed by atoms with van der Waals surface area (Å²) in [5, 5.41) is 2.72. The highest BCUT2D eigenvalue weighted by molar-refractivity contribution is 8.32. The second-order valence-electron chi connectivity index (χ2n) is 11.7. The van der Waals surface area contributed by atoms with Crippen LogP contribution in [0.1, 0.15) is 22.3 Å². The van der Waals surface area contributed by atoms with Crippen LogP contribution in [0.25, 0.3) is 20.2 Å². The van der Waals surface area contributed by atoms with Crippen molar-refractivity contribution in [3.8, 4) is 0 Å². The fraction of sp³-hybridized carbons (Fsp3) is 0.0769. The molecule has 3 heterocycles. The fourth-order valence-corrected chi connectivity index (χ4v) is 11.4. The Bertz CT molecular complexity index is 2140. The molecule has 6 aromatic carbocycles. The van der Waals surface area contributed by atoms with E-state index in [1.165, 1.54) is 69.3 Å². The maximum absolute atomic E-state index is 2.57. The van der Waals surface area contributed by atoms with E-state index in [1.807, 2.05) is 11.3 Å². The van der Waals surface area contributed by atoms with E-state index in [9.17, 15) is 0 Å². The number of thiophene rings is 1. The van der Waals surface area contributed by atoms with Crippen LogP contribution in [0.15, 0.2) is 149 Å². The van der Waals surface area contributed by atoms with E-state index in [2.05, 4.69) is 157 Å². The molecule has 0 saturated carbocycles. The molecule has 0 N–H and O–H groups in total. The topological polar surface area (TPSA) is 3.24 Å². The van der Waals surface area contributed by atoms with Crippen LogP contribution in [-0.2, 0) is 5.41 Å². The lowest BCUT2D eigenvalue weighted by Crippen LogP contribution is -2.41. The third-order valence-electron chi connectivity index (χ3n) is 9.39. The minimum absolute atomic E-state index is 0.440. The van der Waals surface area contributed by atoms with Gasteiger partial charge in [0.1, 0.15) is 0 Å². The number of nitrogens with zero attached hydrogens (tertiary/aromatic N) is 1. The summed E-state index contributed by atoms with van der Waals surface area (Å²) in [7, 11) is -1.28. The van der Waals surface area contributed by atoms with Crippen molar-refractivity contribution >= 4 is 58.6 Å². The van der Waals surface area contributed by atoms with Gasteiger partial charge < -0.3 is 4.90 Å². The molecule has 0 amide bonds. The van der Waals surface area contributed by atoms with Gasteiger partial charge in [0.25, 0.3) is 0 Å². The summed E-state index contributed by atoms with van der Waals surface area (Å²) in [5.74, 6) is 0. The van der Waals surface area contributed by atoms with Gasteiger partial charge in [-0.05, 0) is 93.1 Å². The molecule has 1 nitrogen and oxygen atoms in total. The second kappa shape index (κ2) is 8.61. The maximum Gasteiger partial charge on any atom is 0.0763 e. The smallest absolute Gasteiger partial charge is 0.0763 e. The van der Waals surface area contributed by atoms with E-state index in [0.29, 0.717) is 0 Å². The number of hydrogen-bond acceptors (Lipinski definition) is 2. The fourth-order valence-electron chi connectivity index (χ4n) is 7.63. The Hall–Kier alpha value is -4.31. The minimum Gasteiger partial charge on any atom is -0.310 e. The third-order valence-corrected chi connectivity index (χ3v) is 13.4. The van der Waals surface area contributed by atoms with Gasteiger partial charge in [0.15, 0.2) is 0 Å². The molecule has 2 aliphatic rings. The number of hydrogen-bond donors (Lipinski definition) is 0. The molecule has 0 aliphatic carbocycles. The molecule has 0 saturated heterocycles. The highest BCUT2D eigenvalue weighted by Crippen LogP contribution is 2.71. The summed E-state index contributed by atoms with van der Waals surface area (Å²) in [4.78, 5) is 5.44. The van der Waals surface area contributed by atoms with Crippen LogP contribution < -0.4 is 4.90 Å². The van der Waals surface area contributed by atoms with Crippen molar-refractivity contribution in [3.63, 3.8) is 0 Å². The summed E-state index contributed by atoms with van der Waals surface area (Å²) in [6.07, 6.45) is 4.99. The predicted molar refractivity (Wildman–Crippen MR) is 182 cm³/mol. The zero-order chi connectivity index (χ0) is 28.1. The van der Waals surface area contributed by atoms with Crippen molar-refractivity contribution in [1.29, 1.82) is 0 Å². The summed E-state index contributed by atoms with van der Waals surface area (Å²) in [6.45, 7) is 0. The van der Waals surface area contributed by atoms with Gasteiger partial charge in [-0.15, -0.1) is 11.3 Å². The average Bonchev–Trinajstić information content (AvgIpc) is 3.41. The zero-order valence-corrected chi connectivity index (χ0v) is 25.2. The van der Waals surface area contributed by atoms with Gasteiger partial charge in [0, 0.05) is 25.9 Å². The number of fused-ring (bicyclic) bond motifs is 11. The Labute approximate surface area is 252 Å². The minimum atomic E-state index is -1.28. The quantitative estimate of drug-likeness (QED) is 0.188. The van der Waals surface area contributed by atoms with E-state index >= 15 is 0 Å². The monoisotopic (exact) mass is 575 g/mol. The summed E-state index contributed by atoms with van der Waals surface area (Å²) >= 11 is 1.93. The zero-order valence-electron chi connectivity index (χ0n) is 23.5. The Kier molecular flexibility index (Phi) is 4.98. The van der Waals surface area contributed by atoms with Crippen molar-refractivity contribution < 1.29 is 0 Å². The normalized spacial score (nSPS) is 16.5. The molecular formula is C39H29NS2. The first-order valence-electron chi connectivity index (χ1n) is 14.4. The predicted octanol–water partition coefficient (Wildman–Crippen LogP) is 11.0. The molecule has 3 heteroatoms. The van der Waals surface area contributed by atoms with Gasteiger partial charge in [-0.25, -0.2) is 0 Å². The lowest BCUT2D eigenvalue weighted by Gasteiger charge is -2.53.